The molecule has 2 heteroatoms. The summed E-state index contributed by atoms with van der Waals surface area (Å²) in [6, 6.07) is 23.3. The van der Waals surface area contributed by atoms with Crippen LogP contribution in [-0.4, -0.2) is 10.2 Å². The first-order chi connectivity index (χ1) is 12.6. The average molecular weight is 344 g/mol. The number of phenolic OH excluding ortho intramolecular Hbond substituents is 2. The quantitative estimate of drug-likeness (QED) is 0.544. The van der Waals surface area contributed by atoms with E-state index in [0.717, 1.165) is 29.5 Å². The van der Waals surface area contributed by atoms with Crippen molar-refractivity contribution in [1.29, 1.82) is 0 Å². The normalized spacial score (nSPS) is 10.5. The molecule has 3 aromatic carbocycles. The summed E-state index contributed by atoms with van der Waals surface area (Å²) in [5.41, 5.74) is 6.95. The van der Waals surface area contributed by atoms with Crippen LogP contribution >= 0.6 is 0 Å². The summed E-state index contributed by atoms with van der Waals surface area (Å²) in [7, 11) is 0. The van der Waals surface area contributed by atoms with Crippen LogP contribution in [0.4, 0.5) is 0 Å². The molecule has 0 aromatic heterocycles. The van der Waals surface area contributed by atoms with Crippen molar-refractivity contribution in [2.75, 3.05) is 0 Å². The average Bonchev–Trinajstić information content (AvgIpc) is 2.65. The Morgan fingerprint density at radius 1 is 0.654 bits per heavy atom. The maximum atomic E-state index is 9.69. The van der Waals surface area contributed by atoms with Gasteiger partial charge in [0.25, 0.3) is 0 Å². The second-order valence-electron chi connectivity index (χ2n) is 6.56. The van der Waals surface area contributed by atoms with Crippen LogP contribution in [0.2, 0.25) is 0 Å². The molecule has 0 aliphatic heterocycles. The number of benzene rings is 3. The highest BCUT2D eigenvalue weighted by atomic mass is 16.3. The molecular weight excluding hydrogens is 320 g/mol. The molecule has 0 saturated heterocycles. The zero-order valence-corrected chi connectivity index (χ0v) is 15.2. The molecule has 0 aliphatic rings. The molecule has 3 rings (SSSR count). The topological polar surface area (TPSA) is 40.5 Å². The van der Waals surface area contributed by atoms with Crippen molar-refractivity contribution in [2.45, 2.75) is 26.7 Å². The smallest absolute Gasteiger partial charge is 0.115 e. The monoisotopic (exact) mass is 344 g/mol. The van der Waals surface area contributed by atoms with Gasteiger partial charge >= 0.3 is 0 Å². The molecule has 0 radical (unpaired) electrons. The van der Waals surface area contributed by atoms with Crippen molar-refractivity contribution in [1.82, 2.24) is 0 Å². The van der Waals surface area contributed by atoms with Gasteiger partial charge in [0, 0.05) is 0 Å². The molecule has 2 nitrogen and oxygen atoms in total. The van der Waals surface area contributed by atoms with E-state index in [1.54, 1.807) is 24.3 Å². The summed E-state index contributed by atoms with van der Waals surface area (Å²) < 4.78 is 0. The Bertz CT molecular complexity index is 839. The standard InChI is InChI=1S/C24H24O2/c1-3-4-23(18-7-5-17(2)6-8-18)24(19-9-13-21(25)14-10-19)20-11-15-22(26)16-12-20/h5-16,25-26H,3-4H2,1-2H3. The van der Waals surface area contributed by atoms with Crippen molar-refractivity contribution in [3.8, 4) is 11.5 Å². The van der Waals surface area contributed by atoms with E-state index >= 15 is 0 Å². The van der Waals surface area contributed by atoms with Gasteiger partial charge in [0.2, 0.25) is 0 Å². The second kappa shape index (κ2) is 7.92. The van der Waals surface area contributed by atoms with E-state index in [2.05, 4.69) is 38.1 Å². The summed E-state index contributed by atoms with van der Waals surface area (Å²) in [5, 5.41) is 19.4. The molecule has 3 aromatic rings. The summed E-state index contributed by atoms with van der Waals surface area (Å²) in [5.74, 6) is 0.511. The van der Waals surface area contributed by atoms with Gasteiger partial charge in [0.15, 0.2) is 0 Å². The number of aromatic hydroxyl groups is 2. The third-order valence-electron chi connectivity index (χ3n) is 4.51. The molecular formula is C24H24O2. The zero-order valence-electron chi connectivity index (χ0n) is 15.2. The van der Waals surface area contributed by atoms with Gasteiger partial charge < -0.3 is 10.2 Å². The van der Waals surface area contributed by atoms with Crippen LogP contribution in [0, 0.1) is 6.92 Å². The third kappa shape index (κ3) is 3.97. The first kappa shape index (κ1) is 17.8. The third-order valence-corrected chi connectivity index (χ3v) is 4.51. The van der Waals surface area contributed by atoms with E-state index in [9.17, 15) is 10.2 Å². The Balaban J connectivity index is 2.26. The fourth-order valence-electron chi connectivity index (χ4n) is 3.19. The fraction of sp³-hybridized carbons (Fsp3) is 0.167. The van der Waals surface area contributed by atoms with Crippen LogP contribution in [0.5, 0.6) is 11.5 Å². The van der Waals surface area contributed by atoms with Gasteiger partial charge in [-0.25, -0.2) is 0 Å². The lowest BCUT2D eigenvalue weighted by Gasteiger charge is -2.17. The van der Waals surface area contributed by atoms with E-state index in [1.165, 1.54) is 16.7 Å². The van der Waals surface area contributed by atoms with Gasteiger partial charge in [0.05, 0.1) is 0 Å². The molecule has 0 saturated carbocycles. The van der Waals surface area contributed by atoms with E-state index in [1.807, 2.05) is 24.3 Å². The Kier molecular flexibility index (Phi) is 5.43. The number of aryl methyl sites for hydroxylation is 1. The molecule has 0 unspecified atom stereocenters. The molecule has 0 heterocycles. The lowest BCUT2D eigenvalue weighted by Crippen LogP contribution is -1.96. The minimum atomic E-state index is 0.256. The Labute approximate surface area is 155 Å². The van der Waals surface area contributed by atoms with Crippen molar-refractivity contribution >= 4 is 11.1 Å². The predicted octanol–water partition coefficient (Wildman–Crippen LogP) is 6.17. The van der Waals surface area contributed by atoms with Gasteiger partial charge in [0.1, 0.15) is 11.5 Å². The van der Waals surface area contributed by atoms with Crippen LogP contribution in [0.1, 0.15) is 42.0 Å². The molecule has 132 valence electrons. The first-order valence-corrected chi connectivity index (χ1v) is 8.97. The van der Waals surface area contributed by atoms with Gasteiger partial charge in [-0.1, -0.05) is 67.4 Å². The van der Waals surface area contributed by atoms with Crippen molar-refractivity contribution in [3.05, 3.63) is 95.1 Å². The molecule has 26 heavy (non-hydrogen) atoms. The second-order valence-corrected chi connectivity index (χ2v) is 6.56. The van der Waals surface area contributed by atoms with Crippen molar-refractivity contribution in [2.24, 2.45) is 0 Å². The van der Waals surface area contributed by atoms with Gasteiger partial charge in [-0.2, -0.15) is 0 Å². The van der Waals surface area contributed by atoms with Crippen LogP contribution < -0.4 is 0 Å². The molecule has 0 aliphatic carbocycles. The predicted molar refractivity (Wildman–Crippen MR) is 108 cm³/mol. The Morgan fingerprint density at radius 3 is 1.50 bits per heavy atom. The number of hydrogen-bond acceptors (Lipinski definition) is 2. The summed E-state index contributed by atoms with van der Waals surface area (Å²) >= 11 is 0. The lowest BCUT2D eigenvalue weighted by atomic mass is 9.87. The van der Waals surface area contributed by atoms with Gasteiger partial charge in [-0.05, 0) is 65.4 Å². The van der Waals surface area contributed by atoms with Gasteiger partial charge in [-0.15, -0.1) is 0 Å². The lowest BCUT2D eigenvalue weighted by molar-refractivity contribution is 0.475. The van der Waals surface area contributed by atoms with E-state index in [4.69, 9.17) is 0 Å². The van der Waals surface area contributed by atoms with Crippen LogP contribution in [-0.2, 0) is 0 Å². The van der Waals surface area contributed by atoms with Crippen LogP contribution in [0.3, 0.4) is 0 Å². The molecule has 0 bridgehead atoms. The fourth-order valence-corrected chi connectivity index (χ4v) is 3.19. The van der Waals surface area contributed by atoms with Crippen LogP contribution in [0.15, 0.2) is 72.8 Å². The SMILES string of the molecule is CCCC(=C(c1ccc(O)cc1)c1ccc(O)cc1)c1ccc(C)cc1. The maximum Gasteiger partial charge on any atom is 0.115 e. The van der Waals surface area contributed by atoms with Gasteiger partial charge in [-0.3, -0.25) is 0 Å². The Morgan fingerprint density at radius 2 is 1.08 bits per heavy atom. The van der Waals surface area contributed by atoms with E-state index < -0.39 is 0 Å². The largest absolute Gasteiger partial charge is 0.508 e. The molecule has 0 spiro atoms. The van der Waals surface area contributed by atoms with Crippen molar-refractivity contribution in [3.63, 3.8) is 0 Å². The molecule has 0 atom stereocenters. The molecule has 2 N–H and O–H groups in total. The Hall–Kier alpha value is -3.00. The number of hydrogen-bond donors (Lipinski definition) is 2. The highest BCUT2D eigenvalue weighted by Gasteiger charge is 2.14. The minimum absolute atomic E-state index is 0.256. The minimum Gasteiger partial charge on any atom is -0.508 e. The summed E-state index contributed by atoms with van der Waals surface area (Å²) in [6.45, 7) is 4.27. The van der Waals surface area contributed by atoms with Crippen molar-refractivity contribution < 1.29 is 10.2 Å². The summed E-state index contributed by atoms with van der Waals surface area (Å²) in [6.07, 6.45) is 1.98. The number of phenols is 2. The first-order valence-electron chi connectivity index (χ1n) is 8.97. The summed E-state index contributed by atoms with van der Waals surface area (Å²) in [4.78, 5) is 0. The molecule has 0 fully saturated rings. The van der Waals surface area contributed by atoms with E-state index in [0.29, 0.717) is 0 Å². The molecule has 0 amide bonds. The highest BCUT2D eigenvalue weighted by Crippen LogP contribution is 2.36. The number of rotatable bonds is 5. The zero-order chi connectivity index (χ0) is 18.5. The van der Waals surface area contributed by atoms with Crippen LogP contribution in [0.25, 0.3) is 11.1 Å². The highest BCUT2D eigenvalue weighted by molar-refractivity contribution is 5.98. The number of allylic oxidation sites excluding steroid dienone is 1. The maximum absolute atomic E-state index is 9.69. The van der Waals surface area contributed by atoms with E-state index in [-0.39, 0.29) is 11.5 Å².